The lowest BCUT2D eigenvalue weighted by molar-refractivity contribution is -0.388. The molecule has 11 heteroatoms. The Balaban J connectivity index is 3.72. The summed E-state index contributed by atoms with van der Waals surface area (Å²) >= 11 is 2.53. The Morgan fingerprint density at radius 2 is 2.06 bits per heavy atom. The Bertz CT molecular complexity index is 580. The van der Waals surface area contributed by atoms with Gasteiger partial charge in [0.05, 0.1) is 9.40 Å². The second-order valence-electron chi connectivity index (χ2n) is 2.67. The predicted molar refractivity (Wildman–Crippen MR) is 56.6 cm³/mol. The van der Waals surface area contributed by atoms with Gasteiger partial charge in [0.1, 0.15) is 11.9 Å². The second kappa shape index (κ2) is 4.78. The van der Waals surface area contributed by atoms with Crippen molar-refractivity contribution in [1.29, 1.82) is 0 Å². The fourth-order valence-electron chi connectivity index (χ4n) is 0.989. The normalized spacial score (nSPS) is 11.8. The van der Waals surface area contributed by atoms with E-state index in [1.54, 1.807) is 0 Å². The van der Waals surface area contributed by atoms with Gasteiger partial charge < -0.3 is 0 Å². The quantitative estimate of drug-likeness (QED) is 0.474. The van der Waals surface area contributed by atoms with Crippen molar-refractivity contribution in [3.8, 4) is 0 Å². The number of hydrogen-bond acceptors (Lipinski definition) is 5. The van der Waals surface area contributed by atoms with E-state index in [-0.39, 0.29) is 0 Å². The van der Waals surface area contributed by atoms with Crippen molar-refractivity contribution in [2.45, 2.75) is 11.3 Å². The summed E-state index contributed by atoms with van der Waals surface area (Å²) < 4.78 is 46.4. The number of nitrogens with zero attached hydrogens (tertiary/aromatic N) is 2. The van der Waals surface area contributed by atoms with Gasteiger partial charge in [0, 0.05) is 10.7 Å². The van der Waals surface area contributed by atoms with E-state index in [9.17, 15) is 27.3 Å². The minimum atomic E-state index is -4.55. The number of halogens is 4. The van der Waals surface area contributed by atoms with Gasteiger partial charge >= 0.3 is 5.69 Å². The Labute approximate surface area is 106 Å². The lowest BCUT2D eigenvalue weighted by Gasteiger charge is -2.06. The topological polar surface area (TPSA) is 90.2 Å². The number of rotatable bonds is 3. The van der Waals surface area contributed by atoms with Crippen LogP contribution in [0.4, 0.5) is 14.5 Å². The van der Waals surface area contributed by atoms with Crippen molar-refractivity contribution < 1.29 is 22.1 Å². The zero-order valence-corrected chi connectivity index (χ0v) is 10.8. The molecule has 0 atom stereocenters. The van der Waals surface area contributed by atoms with Crippen molar-refractivity contribution in [3.05, 3.63) is 26.5 Å². The maximum Gasteiger partial charge on any atom is 0.308 e. The highest BCUT2D eigenvalue weighted by Crippen LogP contribution is 2.37. The number of nitro groups is 1. The van der Waals surface area contributed by atoms with Crippen LogP contribution in [0.5, 0.6) is 0 Å². The van der Waals surface area contributed by atoms with Crippen molar-refractivity contribution in [3.63, 3.8) is 0 Å². The maximum absolute atomic E-state index is 12.4. The molecule has 94 valence electrons. The molecule has 17 heavy (non-hydrogen) atoms. The van der Waals surface area contributed by atoms with Crippen LogP contribution in [0.3, 0.4) is 0 Å². The van der Waals surface area contributed by atoms with Crippen molar-refractivity contribution in [2.24, 2.45) is 0 Å². The van der Waals surface area contributed by atoms with Crippen LogP contribution in [0.2, 0.25) is 0 Å². The first kappa shape index (κ1) is 14.2. The molecule has 1 aromatic heterocycles. The average molecular weight is 352 g/mol. The Hall–Kier alpha value is -0.870. The van der Waals surface area contributed by atoms with Gasteiger partial charge in [-0.2, -0.15) is 0 Å². The number of alkyl halides is 2. The van der Waals surface area contributed by atoms with Crippen LogP contribution in [0, 0.1) is 10.1 Å². The van der Waals surface area contributed by atoms with Crippen molar-refractivity contribution in [2.75, 3.05) is 0 Å². The minimum absolute atomic E-state index is 0.418. The van der Waals surface area contributed by atoms with Gasteiger partial charge in [-0.15, -0.1) is 0 Å². The second-order valence-corrected chi connectivity index (χ2v) is 5.96. The maximum atomic E-state index is 12.4. The number of hydrogen-bond donors (Lipinski definition) is 0. The lowest BCUT2D eigenvalue weighted by Crippen LogP contribution is -2.05. The molecule has 0 unspecified atom stereocenters. The van der Waals surface area contributed by atoms with E-state index in [1.165, 1.54) is 0 Å². The molecule has 1 aromatic rings. The third-order valence-electron chi connectivity index (χ3n) is 1.63. The van der Waals surface area contributed by atoms with Crippen LogP contribution < -0.4 is 0 Å². The van der Waals surface area contributed by atoms with Crippen molar-refractivity contribution in [1.82, 2.24) is 4.98 Å². The van der Waals surface area contributed by atoms with Crippen molar-refractivity contribution >= 4 is 41.4 Å². The summed E-state index contributed by atoms with van der Waals surface area (Å²) in [5.74, 6) is 0. The molecule has 0 bridgehead atoms. The molecular weight excluding hydrogens is 349 g/mol. The fourth-order valence-corrected chi connectivity index (χ4v) is 3.55. The predicted octanol–water partition coefficient (Wildman–Crippen LogP) is 2.62. The van der Waals surface area contributed by atoms with Gasteiger partial charge in [-0.1, -0.05) is 0 Å². The highest BCUT2D eigenvalue weighted by atomic mass is 79.9. The molecular formula is C6H2BrClF2N2O4S. The highest BCUT2D eigenvalue weighted by Gasteiger charge is 2.32. The standard InChI is InChI=1S/C6H2BrClF2N2O4S/c7-3-4(6(9)10)11-1-2(12(13)14)5(3)17(8,15)16/h1,6H. The molecule has 0 aliphatic heterocycles. The van der Waals surface area contributed by atoms with E-state index in [4.69, 9.17) is 10.7 Å². The first-order valence-electron chi connectivity index (χ1n) is 3.72. The summed E-state index contributed by atoms with van der Waals surface area (Å²) in [6.45, 7) is 0. The van der Waals surface area contributed by atoms with E-state index in [1.807, 2.05) is 0 Å². The molecule has 0 fully saturated rings. The first-order chi connectivity index (χ1) is 7.66. The molecule has 0 saturated heterocycles. The molecule has 0 spiro atoms. The van der Waals surface area contributed by atoms with E-state index in [2.05, 4.69) is 20.9 Å². The Kier molecular flexibility index (Phi) is 3.99. The van der Waals surface area contributed by atoms with Crippen LogP contribution in [0.1, 0.15) is 12.1 Å². The van der Waals surface area contributed by atoms with E-state index >= 15 is 0 Å². The Morgan fingerprint density at radius 3 is 2.41 bits per heavy atom. The van der Waals surface area contributed by atoms with Gasteiger partial charge in [0.2, 0.25) is 0 Å². The molecule has 1 rings (SSSR count). The summed E-state index contributed by atoms with van der Waals surface area (Å²) in [6.07, 6.45) is -2.68. The fraction of sp³-hybridized carbons (Fsp3) is 0.167. The zero-order valence-electron chi connectivity index (χ0n) is 7.60. The molecule has 6 nitrogen and oxygen atoms in total. The van der Waals surface area contributed by atoms with E-state index in [0.29, 0.717) is 6.20 Å². The summed E-state index contributed by atoms with van der Waals surface area (Å²) in [5.41, 5.74) is -1.91. The Morgan fingerprint density at radius 1 is 1.53 bits per heavy atom. The van der Waals surface area contributed by atoms with Gasteiger partial charge in [0.15, 0.2) is 4.90 Å². The molecule has 0 aromatic carbocycles. The van der Waals surface area contributed by atoms with Gasteiger partial charge in [-0.05, 0) is 15.9 Å². The smallest absolute Gasteiger partial charge is 0.258 e. The van der Waals surface area contributed by atoms with Crippen LogP contribution in [-0.2, 0) is 9.05 Å². The van der Waals surface area contributed by atoms with Gasteiger partial charge in [-0.3, -0.25) is 10.1 Å². The highest BCUT2D eigenvalue weighted by molar-refractivity contribution is 9.10. The summed E-state index contributed by atoms with van der Waals surface area (Å²) in [7, 11) is 0.400. The zero-order chi connectivity index (χ0) is 13.4. The minimum Gasteiger partial charge on any atom is -0.258 e. The van der Waals surface area contributed by atoms with Gasteiger partial charge in [0.25, 0.3) is 15.5 Å². The first-order valence-corrected chi connectivity index (χ1v) is 6.82. The molecule has 0 saturated carbocycles. The third kappa shape index (κ3) is 2.87. The van der Waals surface area contributed by atoms with Crippen LogP contribution in [-0.4, -0.2) is 18.3 Å². The molecule has 0 radical (unpaired) electrons. The monoisotopic (exact) mass is 350 g/mol. The van der Waals surface area contributed by atoms with E-state index in [0.717, 1.165) is 0 Å². The third-order valence-corrected chi connectivity index (χ3v) is 4.06. The molecule has 0 aliphatic carbocycles. The largest absolute Gasteiger partial charge is 0.308 e. The SMILES string of the molecule is O=[N+]([O-])c1cnc(C(F)F)c(Br)c1S(=O)(=O)Cl. The number of aromatic nitrogens is 1. The van der Waals surface area contributed by atoms with Gasteiger partial charge in [-0.25, -0.2) is 22.2 Å². The van der Waals surface area contributed by atoms with E-state index < -0.39 is 41.1 Å². The average Bonchev–Trinajstić information content (AvgIpc) is 2.14. The van der Waals surface area contributed by atoms with Crippen LogP contribution in [0.15, 0.2) is 15.6 Å². The van der Waals surface area contributed by atoms with Crippen LogP contribution in [0.25, 0.3) is 0 Å². The summed E-state index contributed by atoms with van der Waals surface area (Å²) in [4.78, 5) is 11.5. The lowest BCUT2D eigenvalue weighted by atomic mass is 10.3. The molecule has 0 N–H and O–H groups in total. The summed E-state index contributed by atoms with van der Waals surface area (Å²) in [6, 6.07) is 0. The molecule has 0 aliphatic rings. The molecule has 1 heterocycles. The number of pyridine rings is 1. The summed E-state index contributed by atoms with van der Waals surface area (Å²) in [5, 5.41) is 10.5. The van der Waals surface area contributed by atoms with Crippen LogP contribution >= 0.6 is 26.6 Å². The molecule has 0 amide bonds.